The van der Waals surface area contributed by atoms with Crippen LogP contribution >= 0.6 is 0 Å². The van der Waals surface area contributed by atoms with Crippen LogP contribution in [0.15, 0.2) is 24.7 Å². The van der Waals surface area contributed by atoms with Gasteiger partial charge in [-0.3, -0.25) is 4.68 Å². The Labute approximate surface area is 104 Å². The fraction of sp³-hybridized carbons (Fsp3) is 0.333. The fourth-order valence-electron chi connectivity index (χ4n) is 1.52. The molecule has 0 aliphatic heterocycles. The molecule has 0 spiro atoms. The van der Waals surface area contributed by atoms with Gasteiger partial charge in [0.05, 0.1) is 19.0 Å². The van der Waals surface area contributed by atoms with Crippen molar-refractivity contribution in [2.45, 2.75) is 26.5 Å². The van der Waals surface area contributed by atoms with E-state index >= 15 is 0 Å². The molecule has 1 N–H and O–H groups in total. The molecular weight excluding hydrogens is 237 g/mol. The lowest BCUT2D eigenvalue weighted by Crippen LogP contribution is -1.97. The largest absolute Gasteiger partial charge is 0.433 e. The van der Waals surface area contributed by atoms with Gasteiger partial charge in [0.25, 0.3) is 5.88 Å². The molecule has 0 saturated heterocycles. The minimum absolute atomic E-state index is 0.154. The number of pyridine rings is 1. The Balaban J connectivity index is 2.17. The number of nitrogens with zero attached hydrogens (tertiary/aromatic N) is 3. The maximum atomic E-state index is 13.7. The smallest absolute Gasteiger partial charge is 0.256 e. The van der Waals surface area contributed by atoms with Crippen molar-refractivity contribution in [1.82, 2.24) is 14.8 Å². The number of rotatable bonds is 5. The summed E-state index contributed by atoms with van der Waals surface area (Å²) in [5.74, 6) is -0.384. The number of hydrogen-bond donors (Lipinski definition) is 1. The third-order valence-corrected chi connectivity index (χ3v) is 2.38. The van der Waals surface area contributed by atoms with Crippen molar-refractivity contribution in [2.24, 2.45) is 0 Å². The Hall–Kier alpha value is -1.95. The molecule has 0 unspecified atom stereocenters. The number of halogens is 1. The van der Waals surface area contributed by atoms with Crippen molar-refractivity contribution in [3.8, 4) is 11.6 Å². The molecule has 5 nitrogen and oxygen atoms in total. The third kappa shape index (κ3) is 2.65. The van der Waals surface area contributed by atoms with E-state index in [9.17, 15) is 4.39 Å². The zero-order valence-electron chi connectivity index (χ0n) is 10.0. The lowest BCUT2D eigenvalue weighted by atomic mass is 10.3. The molecule has 6 heteroatoms. The fourth-order valence-corrected chi connectivity index (χ4v) is 1.52. The first-order valence-electron chi connectivity index (χ1n) is 5.69. The van der Waals surface area contributed by atoms with E-state index < -0.39 is 5.82 Å². The van der Waals surface area contributed by atoms with Gasteiger partial charge in [-0.2, -0.15) is 5.10 Å². The Morgan fingerprint density at radius 3 is 3.06 bits per heavy atom. The first-order chi connectivity index (χ1) is 8.74. The monoisotopic (exact) mass is 251 g/mol. The minimum Gasteiger partial charge on any atom is -0.433 e. The number of hydrogen-bond acceptors (Lipinski definition) is 4. The molecule has 2 aromatic heterocycles. The molecule has 0 atom stereocenters. The molecule has 0 amide bonds. The molecule has 0 radical (unpaired) electrons. The summed E-state index contributed by atoms with van der Waals surface area (Å²) in [4.78, 5) is 3.79. The number of aliphatic hydroxyl groups is 1. The van der Waals surface area contributed by atoms with Crippen molar-refractivity contribution in [3.63, 3.8) is 0 Å². The Kier molecular flexibility index (Phi) is 3.88. The van der Waals surface area contributed by atoms with Gasteiger partial charge in [0.2, 0.25) is 0 Å². The van der Waals surface area contributed by atoms with Gasteiger partial charge in [-0.1, -0.05) is 6.92 Å². The number of ether oxygens (including phenoxy) is 1. The molecule has 18 heavy (non-hydrogen) atoms. The Morgan fingerprint density at radius 1 is 1.50 bits per heavy atom. The van der Waals surface area contributed by atoms with Gasteiger partial charge < -0.3 is 9.84 Å². The van der Waals surface area contributed by atoms with Crippen LogP contribution in [0, 0.1) is 5.82 Å². The third-order valence-electron chi connectivity index (χ3n) is 2.38. The van der Waals surface area contributed by atoms with Crippen LogP contribution in [0.5, 0.6) is 11.6 Å². The van der Waals surface area contributed by atoms with Crippen molar-refractivity contribution in [1.29, 1.82) is 0 Å². The van der Waals surface area contributed by atoms with Gasteiger partial charge in [0.1, 0.15) is 0 Å². The molecule has 0 saturated carbocycles. The molecule has 0 aromatic carbocycles. The topological polar surface area (TPSA) is 60.2 Å². The van der Waals surface area contributed by atoms with E-state index in [0.717, 1.165) is 13.0 Å². The van der Waals surface area contributed by atoms with Crippen LogP contribution in [0.2, 0.25) is 0 Å². The summed E-state index contributed by atoms with van der Waals surface area (Å²) in [5.41, 5.74) is 0.154. The highest BCUT2D eigenvalue weighted by Gasteiger charge is 2.11. The molecule has 2 heterocycles. The highest BCUT2D eigenvalue weighted by Crippen LogP contribution is 2.23. The molecule has 2 rings (SSSR count). The summed E-state index contributed by atoms with van der Waals surface area (Å²) in [6.45, 7) is 2.42. The summed E-state index contributed by atoms with van der Waals surface area (Å²) in [6, 6.07) is 1.41. The van der Waals surface area contributed by atoms with Crippen LogP contribution in [0.25, 0.3) is 0 Å². The van der Waals surface area contributed by atoms with Crippen molar-refractivity contribution < 1.29 is 14.2 Å². The maximum Gasteiger partial charge on any atom is 0.256 e. The molecule has 0 aliphatic carbocycles. The summed E-state index contributed by atoms with van der Waals surface area (Å²) in [5, 5.41) is 13.0. The zero-order chi connectivity index (χ0) is 13.0. The number of aromatic nitrogens is 3. The average molecular weight is 251 g/mol. The van der Waals surface area contributed by atoms with Crippen molar-refractivity contribution in [2.75, 3.05) is 0 Å². The lowest BCUT2D eigenvalue weighted by Gasteiger charge is -2.05. The van der Waals surface area contributed by atoms with Crippen LogP contribution in [0.1, 0.15) is 18.9 Å². The molecule has 0 fully saturated rings. The summed E-state index contributed by atoms with van der Waals surface area (Å²) in [6.07, 6.45) is 5.52. The first kappa shape index (κ1) is 12.5. The van der Waals surface area contributed by atoms with Crippen LogP contribution in [-0.2, 0) is 13.2 Å². The van der Waals surface area contributed by atoms with Crippen LogP contribution < -0.4 is 4.74 Å². The number of aliphatic hydroxyl groups excluding tert-OH is 1. The summed E-state index contributed by atoms with van der Waals surface area (Å²) < 4.78 is 20.7. The highest BCUT2D eigenvalue weighted by atomic mass is 19.1. The standard InChI is InChI=1S/C12H14FN3O2/c1-2-5-16-7-10(6-15-16)18-12-11(13)9(8-17)3-4-14-12/h3-4,6-7,17H,2,5,8H2,1H3. The average Bonchev–Trinajstić information content (AvgIpc) is 2.80. The predicted molar refractivity (Wildman–Crippen MR) is 62.7 cm³/mol. The van der Waals surface area contributed by atoms with E-state index in [0.29, 0.717) is 5.75 Å². The summed E-state index contributed by atoms with van der Waals surface area (Å²) >= 11 is 0. The SMILES string of the molecule is CCCn1cc(Oc2nccc(CO)c2F)cn1. The van der Waals surface area contributed by atoms with E-state index in [-0.39, 0.29) is 18.1 Å². The minimum atomic E-state index is -0.650. The predicted octanol–water partition coefficient (Wildman–Crippen LogP) is 2.11. The van der Waals surface area contributed by atoms with Gasteiger partial charge in [0, 0.05) is 18.3 Å². The van der Waals surface area contributed by atoms with E-state index in [1.54, 1.807) is 10.9 Å². The molecule has 96 valence electrons. The maximum absolute atomic E-state index is 13.7. The second-order valence-corrected chi connectivity index (χ2v) is 3.79. The summed E-state index contributed by atoms with van der Waals surface area (Å²) in [7, 11) is 0. The molecule has 0 aliphatic rings. The Morgan fingerprint density at radius 2 is 2.33 bits per heavy atom. The second-order valence-electron chi connectivity index (χ2n) is 3.79. The van der Waals surface area contributed by atoms with Crippen molar-refractivity contribution >= 4 is 0 Å². The molecular formula is C12H14FN3O2. The molecule has 0 bridgehead atoms. The Bertz CT molecular complexity index is 528. The van der Waals surface area contributed by atoms with Gasteiger partial charge in [-0.15, -0.1) is 0 Å². The van der Waals surface area contributed by atoms with Crippen molar-refractivity contribution in [3.05, 3.63) is 36.0 Å². The van der Waals surface area contributed by atoms with E-state index in [2.05, 4.69) is 10.1 Å². The first-order valence-corrected chi connectivity index (χ1v) is 5.69. The normalized spacial score (nSPS) is 10.6. The highest BCUT2D eigenvalue weighted by molar-refractivity contribution is 5.27. The number of aryl methyl sites for hydroxylation is 1. The molecule has 2 aromatic rings. The van der Waals surface area contributed by atoms with Crippen LogP contribution in [0.3, 0.4) is 0 Å². The second kappa shape index (κ2) is 5.59. The van der Waals surface area contributed by atoms with Gasteiger partial charge in [-0.25, -0.2) is 9.37 Å². The van der Waals surface area contributed by atoms with E-state index in [4.69, 9.17) is 9.84 Å². The van der Waals surface area contributed by atoms with Crippen LogP contribution in [-0.4, -0.2) is 19.9 Å². The lowest BCUT2D eigenvalue weighted by molar-refractivity contribution is 0.273. The van der Waals surface area contributed by atoms with Crippen LogP contribution in [0.4, 0.5) is 4.39 Å². The zero-order valence-corrected chi connectivity index (χ0v) is 10.0. The van der Waals surface area contributed by atoms with Gasteiger partial charge in [0.15, 0.2) is 11.6 Å². The van der Waals surface area contributed by atoms with E-state index in [1.165, 1.54) is 18.5 Å². The van der Waals surface area contributed by atoms with Gasteiger partial charge >= 0.3 is 0 Å². The quantitative estimate of drug-likeness (QED) is 0.884. The van der Waals surface area contributed by atoms with Gasteiger partial charge in [-0.05, 0) is 12.5 Å². The van der Waals surface area contributed by atoms with E-state index in [1.807, 2.05) is 6.92 Å².